The van der Waals surface area contributed by atoms with Crippen molar-refractivity contribution < 1.29 is 9.18 Å². The van der Waals surface area contributed by atoms with E-state index >= 15 is 0 Å². The molecule has 120 valence electrons. The highest BCUT2D eigenvalue weighted by atomic mass is 35.5. The standard InChI is InChI=1S/C16H21ClFN3O/c17-13-10-14(18)15(19-11-13)20-8-4-12(5-9-20)16(22)21-6-2-1-3-7-21/h10-12H,1-9H2. The van der Waals surface area contributed by atoms with E-state index in [2.05, 4.69) is 4.98 Å². The summed E-state index contributed by atoms with van der Waals surface area (Å²) in [5, 5.41) is 0.302. The predicted molar refractivity (Wildman–Crippen MR) is 84.6 cm³/mol. The number of aromatic nitrogens is 1. The van der Waals surface area contributed by atoms with E-state index in [4.69, 9.17) is 11.6 Å². The molecule has 2 fully saturated rings. The highest BCUT2D eigenvalue weighted by Gasteiger charge is 2.30. The maximum Gasteiger partial charge on any atom is 0.225 e. The van der Waals surface area contributed by atoms with E-state index in [1.807, 2.05) is 9.80 Å². The van der Waals surface area contributed by atoms with Crippen LogP contribution in [-0.2, 0) is 4.79 Å². The lowest BCUT2D eigenvalue weighted by Gasteiger charge is -2.36. The van der Waals surface area contributed by atoms with Crippen LogP contribution in [0.1, 0.15) is 32.1 Å². The molecule has 1 aromatic rings. The van der Waals surface area contributed by atoms with Crippen LogP contribution in [0.15, 0.2) is 12.3 Å². The number of piperidine rings is 2. The molecule has 0 atom stereocenters. The monoisotopic (exact) mass is 325 g/mol. The highest BCUT2D eigenvalue weighted by molar-refractivity contribution is 6.30. The minimum absolute atomic E-state index is 0.0738. The minimum atomic E-state index is -0.395. The maximum atomic E-state index is 13.9. The van der Waals surface area contributed by atoms with Crippen molar-refractivity contribution in [3.05, 3.63) is 23.1 Å². The van der Waals surface area contributed by atoms with Crippen LogP contribution in [0.2, 0.25) is 5.02 Å². The predicted octanol–water partition coefficient (Wildman–Crippen LogP) is 3.10. The molecular weight excluding hydrogens is 305 g/mol. The Labute approximate surface area is 135 Å². The third kappa shape index (κ3) is 3.35. The first kappa shape index (κ1) is 15.5. The van der Waals surface area contributed by atoms with Gasteiger partial charge < -0.3 is 9.80 Å². The zero-order valence-electron chi connectivity index (χ0n) is 12.6. The average Bonchev–Trinajstić information content (AvgIpc) is 2.55. The first-order valence-corrected chi connectivity index (χ1v) is 8.38. The SMILES string of the molecule is O=C(C1CCN(c2ncc(Cl)cc2F)CC1)N1CCCCC1. The van der Waals surface area contributed by atoms with Crippen LogP contribution in [0.3, 0.4) is 0 Å². The number of pyridine rings is 1. The van der Waals surface area contributed by atoms with E-state index in [0.29, 0.717) is 23.9 Å². The molecule has 1 amide bonds. The number of anilines is 1. The van der Waals surface area contributed by atoms with Crippen LogP contribution in [0.5, 0.6) is 0 Å². The van der Waals surface area contributed by atoms with Crippen molar-refractivity contribution >= 4 is 23.3 Å². The topological polar surface area (TPSA) is 36.4 Å². The van der Waals surface area contributed by atoms with E-state index in [0.717, 1.165) is 38.8 Å². The van der Waals surface area contributed by atoms with Gasteiger partial charge in [0.1, 0.15) is 0 Å². The molecule has 0 unspecified atom stereocenters. The third-order valence-corrected chi connectivity index (χ3v) is 4.81. The number of nitrogens with zero attached hydrogens (tertiary/aromatic N) is 3. The van der Waals surface area contributed by atoms with Gasteiger partial charge in [0.2, 0.25) is 5.91 Å². The number of likely N-dealkylation sites (tertiary alicyclic amines) is 1. The van der Waals surface area contributed by atoms with Gasteiger partial charge in [0.15, 0.2) is 11.6 Å². The van der Waals surface area contributed by atoms with Gasteiger partial charge in [0.25, 0.3) is 0 Å². The Morgan fingerprint density at radius 3 is 2.50 bits per heavy atom. The molecule has 2 aliphatic rings. The smallest absolute Gasteiger partial charge is 0.225 e. The van der Waals surface area contributed by atoms with Crippen molar-refractivity contribution in [2.24, 2.45) is 5.92 Å². The Morgan fingerprint density at radius 2 is 1.86 bits per heavy atom. The summed E-state index contributed by atoms with van der Waals surface area (Å²) in [5.41, 5.74) is 0. The second kappa shape index (κ2) is 6.82. The molecule has 2 saturated heterocycles. The largest absolute Gasteiger partial charge is 0.354 e. The quantitative estimate of drug-likeness (QED) is 0.838. The minimum Gasteiger partial charge on any atom is -0.354 e. The van der Waals surface area contributed by atoms with Gasteiger partial charge in [0, 0.05) is 38.3 Å². The van der Waals surface area contributed by atoms with Crippen molar-refractivity contribution in [2.45, 2.75) is 32.1 Å². The molecule has 0 aromatic carbocycles. The van der Waals surface area contributed by atoms with Gasteiger partial charge in [-0.05, 0) is 38.2 Å². The van der Waals surface area contributed by atoms with Gasteiger partial charge in [-0.1, -0.05) is 11.6 Å². The Morgan fingerprint density at radius 1 is 1.18 bits per heavy atom. The van der Waals surface area contributed by atoms with Crippen molar-refractivity contribution in [2.75, 3.05) is 31.1 Å². The Balaban J connectivity index is 1.59. The Kier molecular flexibility index (Phi) is 4.81. The van der Waals surface area contributed by atoms with Gasteiger partial charge in [-0.25, -0.2) is 9.37 Å². The third-order valence-electron chi connectivity index (χ3n) is 4.60. The summed E-state index contributed by atoms with van der Waals surface area (Å²) in [6.45, 7) is 3.12. The van der Waals surface area contributed by atoms with Crippen LogP contribution in [0.4, 0.5) is 10.2 Å². The molecule has 0 N–H and O–H groups in total. The zero-order valence-corrected chi connectivity index (χ0v) is 13.4. The molecule has 6 heteroatoms. The lowest BCUT2D eigenvalue weighted by atomic mass is 9.94. The first-order chi connectivity index (χ1) is 10.6. The lowest BCUT2D eigenvalue weighted by molar-refractivity contribution is -0.137. The molecule has 4 nitrogen and oxygen atoms in total. The fourth-order valence-electron chi connectivity index (χ4n) is 3.35. The molecule has 2 aliphatic heterocycles. The van der Waals surface area contributed by atoms with Crippen LogP contribution in [0, 0.1) is 11.7 Å². The van der Waals surface area contributed by atoms with Crippen molar-refractivity contribution in [1.29, 1.82) is 0 Å². The maximum absolute atomic E-state index is 13.9. The van der Waals surface area contributed by atoms with Gasteiger partial charge in [-0.15, -0.1) is 0 Å². The summed E-state index contributed by atoms with van der Waals surface area (Å²) < 4.78 is 13.9. The van der Waals surface area contributed by atoms with Crippen LogP contribution < -0.4 is 4.90 Å². The van der Waals surface area contributed by atoms with Crippen LogP contribution in [-0.4, -0.2) is 42.0 Å². The van der Waals surface area contributed by atoms with Crippen LogP contribution in [0.25, 0.3) is 0 Å². The number of rotatable bonds is 2. The average molecular weight is 326 g/mol. The van der Waals surface area contributed by atoms with E-state index in [1.54, 1.807) is 0 Å². The normalized spacial score (nSPS) is 20.3. The van der Waals surface area contributed by atoms with Gasteiger partial charge in [-0.3, -0.25) is 4.79 Å². The van der Waals surface area contributed by atoms with Crippen molar-refractivity contribution in [1.82, 2.24) is 9.88 Å². The summed E-state index contributed by atoms with van der Waals surface area (Å²) in [7, 11) is 0. The lowest BCUT2D eigenvalue weighted by Crippen LogP contribution is -2.44. The molecule has 1 aromatic heterocycles. The molecule has 0 saturated carbocycles. The number of hydrogen-bond acceptors (Lipinski definition) is 3. The molecule has 0 spiro atoms. The van der Waals surface area contributed by atoms with Crippen LogP contribution >= 0.6 is 11.6 Å². The summed E-state index contributed by atoms with van der Waals surface area (Å²) in [4.78, 5) is 20.5. The second-order valence-electron chi connectivity index (χ2n) is 6.11. The fraction of sp³-hybridized carbons (Fsp3) is 0.625. The zero-order chi connectivity index (χ0) is 15.5. The molecule has 22 heavy (non-hydrogen) atoms. The van der Waals surface area contributed by atoms with Gasteiger partial charge in [-0.2, -0.15) is 0 Å². The summed E-state index contributed by atoms with van der Waals surface area (Å²) >= 11 is 5.74. The molecule has 0 bridgehead atoms. The van der Waals surface area contributed by atoms with Crippen molar-refractivity contribution in [3.63, 3.8) is 0 Å². The summed E-state index contributed by atoms with van der Waals surface area (Å²) in [6, 6.07) is 1.29. The number of halogens is 2. The number of amides is 1. The number of carbonyl (C=O) groups excluding carboxylic acids is 1. The number of hydrogen-bond donors (Lipinski definition) is 0. The second-order valence-corrected chi connectivity index (χ2v) is 6.54. The van der Waals surface area contributed by atoms with Gasteiger partial charge in [0.05, 0.1) is 5.02 Å². The summed E-state index contributed by atoms with van der Waals surface area (Å²) in [5.74, 6) is 0.301. The van der Waals surface area contributed by atoms with Crippen molar-refractivity contribution in [3.8, 4) is 0 Å². The van der Waals surface area contributed by atoms with E-state index in [-0.39, 0.29) is 11.8 Å². The molecule has 0 radical (unpaired) electrons. The summed E-state index contributed by atoms with van der Waals surface area (Å²) in [6.07, 6.45) is 6.45. The first-order valence-electron chi connectivity index (χ1n) is 8.00. The molecule has 3 rings (SSSR count). The fourth-order valence-corrected chi connectivity index (χ4v) is 3.50. The van der Waals surface area contributed by atoms with E-state index in [1.165, 1.54) is 18.7 Å². The molecular formula is C16H21ClFN3O. The molecule has 0 aliphatic carbocycles. The van der Waals surface area contributed by atoms with E-state index < -0.39 is 5.82 Å². The van der Waals surface area contributed by atoms with Gasteiger partial charge >= 0.3 is 0 Å². The number of carbonyl (C=O) groups is 1. The van der Waals surface area contributed by atoms with E-state index in [9.17, 15) is 9.18 Å². The highest BCUT2D eigenvalue weighted by Crippen LogP contribution is 2.27. The Hall–Kier alpha value is -1.36. The Bertz CT molecular complexity index is 540. The molecule has 3 heterocycles.